The predicted octanol–water partition coefficient (Wildman–Crippen LogP) is 5.45. The maximum atomic E-state index is 9.64. The first-order valence-electron chi connectivity index (χ1n) is 9.94. The van der Waals surface area contributed by atoms with Crippen LogP contribution in [0.1, 0.15) is 66.7 Å². The van der Waals surface area contributed by atoms with Crippen LogP contribution in [-0.2, 0) is 9.59 Å². The molecular weight excluding hydrogens is 368 g/mol. The summed E-state index contributed by atoms with van der Waals surface area (Å²) >= 11 is 0. The molecule has 0 saturated heterocycles. The molecule has 0 spiro atoms. The first kappa shape index (κ1) is 26.6. The van der Waals surface area contributed by atoms with Gasteiger partial charge in [-0.25, -0.2) is 0 Å². The number of hydrogen-bond acceptors (Lipinski definition) is 3. The van der Waals surface area contributed by atoms with E-state index in [1.54, 1.807) is 6.08 Å². The van der Waals surface area contributed by atoms with Crippen molar-refractivity contribution >= 4 is 11.9 Å². The quantitative estimate of drug-likeness (QED) is 0.468. The maximum Gasteiger partial charge on any atom is 0.303 e. The van der Waals surface area contributed by atoms with Gasteiger partial charge in [-0.2, -0.15) is 0 Å². The van der Waals surface area contributed by atoms with Gasteiger partial charge in [0.25, 0.3) is 0 Å². The summed E-state index contributed by atoms with van der Waals surface area (Å²) < 4.78 is 0. The second-order valence-corrected chi connectivity index (χ2v) is 7.95. The van der Waals surface area contributed by atoms with Crippen molar-refractivity contribution in [1.82, 2.24) is 0 Å². The van der Waals surface area contributed by atoms with Crippen LogP contribution in [0.3, 0.4) is 0 Å². The smallest absolute Gasteiger partial charge is 0.303 e. The van der Waals surface area contributed by atoms with E-state index in [2.05, 4.69) is 45.9 Å². The molecule has 1 rings (SSSR count). The summed E-state index contributed by atoms with van der Waals surface area (Å²) in [7, 11) is 0. The number of aliphatic hydroxyl groups is 1. The zero-order chi connectivity index (χ0) is 22.4. The summed E-state index contributed by atoms with van der Waals surface area (Å²) in [6, 6.07) is 0. The minimum absolute atomic E-state index is 0.0985. The molecule has 5 heteroatoms. The summed E-state index contributed by atoms with van der Waals surface area (Å²) in [5.74, 6) is -2.15. The van der Waals surface area contributed by atoms with E-state index in [-0.39, 0.29) is 19.4 Å². The first-order valence-corrected chi connectivity index (χ1v) is 9.94. The predicted molar refractivity (Wildman–Crippen MR) is 118 cm³/mol. The van der Waals surface area contributed by atoms with Crippen LogP contribution < -0.4 is 0 Å². The van der Waals surface area contributed by atoms with Crippen molar-refractivity contribution in [2.24, 2.45) is 5.41 Å². The van der Waals surface area contributed by atoms with Crippen LogP contribution in [0.25, 0.3) is 0 Å². The fourth-order valence-electron chi connectivity index (χ4n) is 3.06. The van der Waals surface area contributed by atoms with Gasteiger partial charge in [-0.05, 0) is 51.0 Å². The van der Waals surface area contributed by atoms with E-state index in [1.165, 1.54) is 36.0 Å². The van der Waals surface area contributed by atoms with Crippen molar-refractivity contribution in [2.45, 2.75) is 66.7 Å². The van der Waals surface area contributed by atoms with Crippen molar-refractivity contribution in [3.63, 3.8) is 0 Å². The van der Waals surface area contributed by atoms with E-state index in [4.69, 9.17) is 15.3 Å². The van der Waals surface area contributed by atoms with Gasteiger partial charge < -0.3 is 15.3 Å². The largest absolute Gasteiger partial charge is 0.481 e. The number of carbonyl (C=O) groups is 2. The molecule has 1 aliphatic rings. The van der Waals surface area contributed by atoms with Gasteiger partial charge in [0, 0.05) is 0 Å². The average Bonchev–Trinajstić information content (AvgIpc) is 2.60. The Bertz CT molecular complexity index is 689. The fourth-order valence-corrected chi connectivity index (χ4v) is 3.06. The first-order chi connectivity index (χ1) is 13.5. The summed E-state index contributed by atoms with van der Waals surface area (Å²) in [4.78, 5) is 19.3. The van der Waals surface area contributed by atoms with Gasteiger partial charge in [-0.15, -0.1) is 0 Å². The number of aliphatic hydroxyl groups excluding tert-OH is 1. The maximum absolute atomic E-state index is 9.64. The van der Waals surface area contributed by atoms with Crippen molar-refractivity contribution < 1.29 is 24.9 Å². The number of carboxylic acid groups (broad SMARTS) is 2. The van der Waals surface area contributed by atoms with E-state index in [0.29, 0.717) is 5.41 Å². The molecule has 0 aromatic heterocycles. The highest BCUT2D eigenvalue weighted by atomic mass is 16.4. The van der Waals surface area contributed by atoms with Crippen LogP contribution >= 0.6 is 0 Å². The van der Waals surface area contributed by atoms with Crippen LogP contribution in [0.2, 0.25) is 0 Å². The molecule has 1 aliphatic carbocycles. The molecule has 0 heterocycles. The normalized spacial score (nSPS) is 17.4. The third-order valence-corrected chi connectivity index (χ3v) is 4.74. The van der Waals surface area contributed by atoms with Gasteiger partial charge in [-0.3, -0.25) is 9.59 Å². The molecule has 162 valence electrons. The lowest BCUT2D eigenvalue weighted by Gasteiger charge is -2.32. The van der Waals surface area contributed by atoms with Gasteiger partial charge >= 0.3 is 11.9 Å². The van der Waals surface area contributed by atoms with Gasteiger partial charge in [0.2, 0.25) is 0 Å². The second-order valence-electron chi connectivity index (χ2n) is 7.95. The standard InChI is InChI=1S/C20H30O.C4H6O4/c1-16(8-6-9-17(2)13-15-21)11-12-19-18(3)10-7-14-20(19,4)5;5-3(6)1-2-4(7)8/h6,8-9,11-13,21H,7,10,14-15H2,1-5H3;1-2H2,(H,5,6)(H,7,8). The van der Waals surface area contributed by atoms with Gasteiger partial charge in [0.05, 0.1) is 19.4 Å². The van der Waals surface area contributed by atoms with Crippen molar-refractivity contribution in [2.75, 3.05) is 6.61 Å². The molecule has 0 fully saturated rings. The molecule has 0 radical (unpaired) electrons. The van der Waals surface area contributed by atoms with E-state index < -0.39 is 11.9 Å². The van der Waals surface area contributed by atoms with Crippen molar-refractivity contribution in [3.8, 4) is 0 Å². The molecule has 0 aliphatic heterocycles. The molecule has 0 unspecified atom stereocenters. The molecular formula is C24H36O5. The lowest BCUT2D eigenvalue weighted by molar-refractivity contribution is -0.143. The minimum atomic E-state index is -1.08. The zero-order valence-corrected chi connectivity index (χ0v) is 18.4. The molecule has 0 atom stereocenters. The Morgan fingerprint density at radius 1 is 1.03 bits per heavy atom. The number of rotatable bonds is 8. The topological polar surface area (TPSA) is 94.8 Å². The number of allylic oxidation sites excluding steroid dienone is 9. The molecule has 0 bridgehead atoms. The van der Waals surface area contributed by atoms with Crippen molar-refractivity contribution in [3.05, 3.63) is 58.7 Å². The third kappa shape index (κ3) is 12.6. The number of carboxylic acids is 2. The van der Waals surface area contributed by atoms with E-state index in [0.717, 1.165) is 5.57 Å². The highest BCUT2D eigenvalue weighted by molar-refractivity contribution is 5.75. The van der Waals surface area contributed by atoms with Crippen LogP contribution in [0.15, 0.2) is 58.7 Å². The Morgan fingerprint density at radius 2 is 1.62 bits per heavy atom. The minimum Gasteiger partial charge on any atom is -0.481 e. The summed E-state index contributed by atoms with van der Waals surface area (Å²) in [5.41, 5.74) is 5.66. The van der Waals surface area contributed by atoms with E-state index in [9.17, 15) is 9.59 Å². The van der Waals surface area contributed by atoms with Crippen LogP contribution in [0, 0.1) is 5.41 Å². The Kier molecular flexibility index (Phi) is 12.6. The van der Waals surface area contributed by atoms with Gasteiger partial charge in [0.15, 0.2) is 0 Å². The lowest BCUT2D eigenvalue weighted by atomic mass is 9.72. The molecule has 29 heavy (non-hydrogen) atoms. The summed E-state index contributed by atoms with van der Waals surface area (Å²) in [5, 5.41) is 24.6. The Balaban J connectivity index is 0.000000828. The SMILES string of the molecule is CC(C=CC1=C(C)CCCC1(C)C)=CC=CC(C)=CCO.O=C(O)CCC(=O)O. The second kappa shape index (κ2) is 13.7. The molecule has 3 N–H and O–H groups in total. The Labute approximate surface area is 174 Å². The van der Waals surface area contributed by atoms with Crippen LogP contribution in [-0.4, -0.2) is 33.9 Å². The van der Waals surface area contributed by atoms with Gasteiger partial charge in [0.1, 0.15) is 0 Å². The molecule has 0 amide bonds. The summed E-state index contributed by atoms with van der Waals surface area (Å²) in [6.45, 7) is 11.2. The fraction of sp³-hybridized carbons (Fsp3) is 0.500. The lowest BCUT2D eigenvalue weighted by Crippen LogP contribution is -2.19. The molecule has 0 saturated carbocycles. The Hall–Kier alpha value is -2.40. The molecule has 0 aromatic rings. The van der Waals surface area contributed by atoms with Crippen LogP contribution in [0.5, 0.6) is 0 Å². The van der Waals surface area contributed by atoms with Crippen molar-refractivity contribution in [1.29, 1.82) is 0 Å². The number of aliphatic carboxylic acids is 2. The molecule has 0 aromatic carbocycles. The van der Waals surface area contributed by atoms with E-state index >= 15 is 0 Å². The Morgan fingerprint density at radius 3 is 2.10 bits per heavy atom. The monoisotopic (exact) mass is 404 g/mol. The highest BCUT2D eigenvalue weighted by Crippen LogP contribution is 2.40. The highest BCUT2D eigenvalue weighted by Gasteiger charge is 2.26. The third-order valence-electron chi connectivity index (χ3n) is 4.74. The zero-order valence-electron chi connectivity index (χ0n) is 18.4. The van der Waals surface area contributed by atoms with Crippen LogP contribution in [0.4, 0.5) is 0 Å². The summed E-state index contributed by atoms with van der Waals surface area (Å²) in [6.07, 6.45) is 15.7. The average molecular weight is 405 g/mol. The number of hydrogen-bond donors (Lipinski definition) is 3. The van der Waals surface area contributed by atoms with Gasteiger partial charge in [-0.1, -0.05) is 67.0 Å². The molecule has 5 nitrogen and oxygen atoms in total. The van der Waals surface area contributed by atoms with E-state index in [1.807, 2.05) is 19.1 Å².